The van der Waals surface area contributed by atoms with E-state index < -0.39 is 28.5 Å². The standard InChI is InChI=1S/C37H40ClN3O4S/c1-28-12-11-15-30(24-28)26-40(35(25-29-13-5-2-6-14-29)37(43)39-32-16-7-3-8-17-32)36(42)27-41(33-18-9-4-10-19-33)46(44,45)34-22-20-31(38)21-23-34/h2,4-6,9-15,18-24,32,35H,3,7-8,16-17,25-27H2,1H3,(H,39,43). The van der Waals surface area contributed by atoms with Crippen molar-refractivity contribution in [3.05, 3.63) is 131 Å². The number of rotatable bonds is 12. The van der Waals surface area contributed by atoms with Crippen molar-refractivity contribution in [1.82, 2.24) is 10.2 Å². The molecule has 0 saturated heterocycles. The SMILES string of the molecule is Cc1cccc(CN(C(=O)CN(c2ccccc2)S(=O)(=O)c2ccc(Cl)cc2)C(Cc2ccccc2)C(=O)NC2CCCCC2)c1. The second-order valence-electron chi connectivity index (χ2n) is 11.9. The third-order valence-corrected chi connectivity index (χ3v) is 10.4. The molecule has 7 nitrogen and oxygen atoms in total. The van der Waals surface area contributed by atoms with Crippen molar-refractivity contribution in [1.29, 1.82) is 0 Å². The third kappa shape index (κ3) is 8.56. The van der Waals surface area contributed by atoms with Crippen LogP contribution in [-0.4, -0.2) is 43.8 Å². The molecular weight excluding hydrogens is 618 g/mol. The number of nitrogens with one attached hydrogen (secondary N) is 1. The highest BCUT2D eigenvalue weighted by molar-refractivity contribution is 7.92. The van der Waals surface area contributed by atoms with Gasteiger partial charge in [-0.1, -0.05) is 109 Å². The van der Waals surface area contributed by atoms with E-state index in [0.29, 0.717) is 10.7 Å². The summed E-state index contributed by atoms with van der Waals surface area (Å²) in [5.41, 5.74) is 3.12. The first-order valence-corrected chi connectivity index (χ1v) is 17.6. The van der Waals surface area contributed by atoms with E-state index in [0.717, 1.165) is 53.1 Å². The van der Waals surface area contributed by atoms with Crippen LogP contribution < -0.4 is 9.62 Å². The molecule has 1 saturated carbocycles. The molecule has 0 heterocycles. The van der Waals surface area contributed by atoms with Crippen LogP contribution >= 0.6 is 11.6 Å². The molecule has 1 aliphatic rings. The number of hydrogen-bond donors (Lipinski definition) is 1. The number of sulfonamides is 1. The van der Waals surface area contributed by atoms with E-state index in [1.165, 1.54) is 24.3 Å². The van der Waals surface area contributed by atoms with Gasteiger partial charge in [0.2, 0.25) is 11.8 Å². The van der Waals surface area contributed by atoms with E-state index >= 15 is 0 Å². The van der Waals surface area contributed by atoms with Crippen LogP contribution in [0.5, 0.6) is 0 Å². The van der Waals surface area contributed by atoms with Crippen molar-refractivity contribution < 1.29 is 18.0 Å². The van der Waals surface area contributed by atoms with Crippen molar-refractivity contribution in [2.24, 2.45) is 0 Å². The molecule has 240 valence electrons. The fraction of sp³-hybridized carbons (Fsp3) is 0.297. The highest BCUT2D eigenvalue weighted by Crippen LogP contribution is 2.26. The van der Waals surface area contributed by atoms with Gasteiger partial charge in [0.25, 0.3) is 10.0 Å². The normalized spacial score (nSPS) is 14.3. The summed E-state index contributed by atoms with van der Waals surface area (Å²) in [5.74, 6) is -0.716. The van der Waals surface area contributed by atoms with E-state index in [4.69, 9.17) is 11.6 Å². The second kappa shape index (κ2) is 15.4. The number of anilines is 1. The Hall–Kier alpha value is -4.14. The molecule has 1 fully saturated rings. The highest BCUT2D eigenvalue weighted by atomic mass is 35.5. The Morgan fingerprint density at radius 1 is 0.826 bits per heavy atom. The minimum Gasteiger partial charge on any atom is -0.352 e. The Balaban J connectivity index is 1.55. The molecule has 0 spiro atoms. The molecule has 4 aromatic rings. The number of amides is 2. The molecule has 2 amide bonds. The van der Waals surface area contributed by atoms with Crippen molar-refractivity contribution in [3.8, 4) is 0 Å². The lowest BCUT2D eigenvalue weighted by atomic mass is 9.94. The van der Waals surface area contributed by atoms with Crippen molar-refractivity contribution in [2.45, 2.75) is 69.0 Å². The Bertz CT molecular complexity index is 1710. The summed E-state index contributed by atoms with van der Waals surface area (Å²) in [7, 11) is -4.18. The van der Waals surface area contributed by atoms with E-state index in [1.807, 2.05) is 61.5 Å². The first-order chi connectivity index (χ1) is 22.2. The van der Waals surface area contributed by atoms with Gasteiger partial charge < -0.3 is 10.2 Å². The van der Waals surface area contributed by atoms with E-state index in [9.17, 15) is 18.0 Å². The Labute approximate surface area is 277 Å². The molecule has 0 bridgehead atoms. The van der Waals surface area contributed by atoms with Crippen LogP contribution in [0.4, 0.5) is 5.69 Å². The summed E-state index contributed by atoms with van der Waals surface area (Å²) in [6.07, 6.45) is 5.33. The molecule has 0 radical (unpaired) electrons. The number of halogens is 1. The van der Waals surface area contributed by atoms with Gasteiger partial charge in [0.1, 0.15) is 12.6 Å². The van der Waals surface area contributed by atoms with Crippen LogP contribution in [0, 0.1) is 6.92 Å². The number of carbonyl (C=O) groups excluding carboxylic acids is 2. The molecule has 1 atom stereocenters. The second-order valence-corrected chi connectivity index (χ2v) is 14.2. The molecular formula is C37H40ClN3O4S. The minimum atomic E-state index is -4.18. The summed E-state index contributed by atoms with van der Waals surface area (Å²) >= 11 is 6.07. The van der Waals surface area contributed by atoms with Crippen molar-refractivity contribution in [3.63, 3.8) is 0 Å². The molecule has 46 heavy (non-hydrogen) atoms. The highest BCUT2D eigenvalue weighted by Gasteiger charge is 2.35. The van der Waals surface area contributed by atoms with Crippen LogP contribution in [0.1, 0.15) is 48.8 Å². The van der Waals surface area contributed by atoms with Gasteiger partial charge in [-0.2, -0.15) is 0 Å². The largest absolute Gasteiger partial charge is 0.352 e. The minimum absolute atomic E-state index is 0.00895. The summed E-state index contributed by atoms with van der Waals surface area (Å²) in [6, 6.07) is 31.0. The number of hydrogen-bond acceptors (Lipinski definition) is 4. The molecule has 9 heteroatoms. The number of para-hydroxylation sites is 1. The lowest BCUT2D eigenvalue weighted by Gasteiger charge is -2.35. The van der Waals surface area contributed by atoms with Crippen LogP contribution in [-0.2, 0) is 32.6 Å². The van der Waals surface area contributed by atoms with E-state index in [-0.39, 0.29) is 29.8 Å². The summed E-state index contributed by atoms with van der Waals surface area (Å²) in [4.78, 5) is 30.3. The summed E-state index contributed by atoms with van der Waals surface area (Å²) < 4.78 is 29.3. The zero-order chi connectivity index (χ0) is 32.5. The Morgan fingerprint density at radius 2 is 1.46 bits per heavy atom. The van der Waals surface area contributed by atoms with Crippen molar-refractivity contribution >= 4 is 39.1 Å². The molecule has 0 aliphatic heterocycles. The number of benzene rings is 4. The molecule has 4 aromatic carbocycles. The van der Waals surface area contributed by atoms with Crippen LogP contribution in [0.15, 0.2) is 114 Å². The Morgan fingerprint density at radius 3 is 2.11 bits per heavy atom. The van der Waals surface area contributed by atoms with Gasteiger partial charge in [-0.05, 0) is 67.3 Å². The van der Waals surface area contributed by atoms with Gasteiger partial charge in [-0.3, -0.25) is 13.9 Å². The van der Waals surface area contributed by atoms with Gasteiger partial charge >= 0.3 is 0 Å². The van der Waals surface area contributed by atoms with Crippen LogP contribution in [0.25, 0.3) is 0 Å². The van der Waals surface area contributed by atoms with E-state index in [2.05, 4.69) is 5.32 Å². The third-order valence-electron chi connectivity index (χ3n) is 8.38. The monoisotopic (exact) mass is 657 g/mol. The van der Waals surface area contributed by atoms with Gasteiger partial charge in [0.05, 0.1) is 10.6 Å². The average Bonchev–Trinajstić information content (AvgIpc) is 3.06. The first-order valence-electron chi connectivity index (χ1n) is 15.7. The number of nitrogens with zero attached hydrogens (tertiary/aromatic N) is 2. The molecule has 1 N–H and O–H groups in total. The van der Waals surface area contributed by atoms with Crippen LogP contribution in [0.3, 0.4) is 0 Å². The topological polar surface area (TPSA) is 86.8 Å². The number of carbonyl (C=O) groups is 2. The van der Waals surface area contributed by atoms with Gasteiger partial charge in [-0.25, -0.2) is 8.42 Å². The first kappa shape index (κ1) is 33.2. The maximum atomic E-state index is 14.6. The molecule has 1 unspecified atom stereocenters. The molecule has 0 aromatic heterocycles. The summed E-state index contributed by atoms with van der Waals surface area (Å²) in [6.45, 7) is 1.62. The molecule has 1 aliphatic carbocycles. The lowest BCUT2D eigenvalue weighted by Crippen LogP contribution is -2.55. The maximum Gasteiger partial charge on any atom is 0.264 e. The smallest absolute Gasteiger partial charge is 0.264 e. The lowest BCUT2D eigenvalue weighted by molar-refractivity contribution is -0.140. The maximum absolute atomic E-state index is 14.6. The zero-order valence-electron chi connectivity index (χ0n) is 26.0. The fourth-order valence-electron chi connectivity index (χ4n) is 5.96. The van der Waals surface area contributed by atoms with E-state index in [1.54, 1.807) is 35.2 Å². The van der Waals surface area contributed by atoms with Gasteiger partial charge in [-0.15, -0.1) is 0 Å². The Kier molecular flexibility index (Phi) is 11.1. The fourth-order valence-corrected chi connectivity index (χ4v) is 7.50. The van der Waals surface area contributed by atoms with Crippen molar-refractivity contribution in [2.75, 3.05) is 10.8 Å². The predicted molar refractivity (Wildman–Crippen MR) is 183 cm³/mol. The average molecular weight is 658 g/mol. The summed E-state index contributed by atoms with van der Waals surface area (Å²) in [5, 5.41) is 3.64. The zero-order valence-corrected chi connectivity index (χ0v) is 27.6. The number of aryl methyl sites for hydroxylation is 1. The quantitative estimate of drug-likeness (QED) is 0.179. The van der Waals surface area contributed by atoms with Crippen LogP contribution in [0.2, 0.25) is 5.02 Å². The van der Waals surface area contributed by atoms with Gasteiger partial charge in [0, 0.05) is 24.0 Å². The predicted octanol–water partition coefficient (Wildman–Crippen LogP) is 6.93. The molecule has 5 rings (SSSR count). The van der Waals surface area contributed by atoms with Gasteiger partial charge in [0.15, 0.2) is 0 Å².